The molecule has 1 saturated heterocycles. The Hall–Kier alpha value is -0.730. The molecule has 1 aliphatic heterocycles. The second-order valence-corrected chi connectivity index (χ2v) is 13.7. The van der Waals surface area contributed by atoms with Crippen molar-refractivity contribution in [2.24, 2.45) is 52.3 Å². The van der Waals surface area contributed by atoms with Crippen LogP contribution < -0.4 is 0 Å². The van der Waals surface area contributed by atoms with Gasteiger partial charge in [0.25, 0.3) is 0 Å². The number of hydrogen-bond donors (Lipinski definition) is 5. The van der Waals surface area contributed by atoms with Crippen LogP contribution in [0.4, 0.5) is 0 Å². The van der Waals surface area contributed by atoms with Gasteiger partial charge in [0, 0.05) is 5.92 Å². The van der Waals surface area contributed by atoms with Crippen molar-refractivity contribution in [2.75, 3.05) is 6.61 Å². The van der Waals surface area contributed by atoms with Crippen molar-refractivity contribution in [1.82, 2.24) is 0 Å². The van der Waals surface area contributed by atoms with Crippen molar-refractivity contribution in [1.29, 1.82) is 0 Å². The summed E-state index contributed by atoms with van der Waals surface area (Å²) in [6.07, 6.45) is 0.837. The molecule has 202 valence electrons. The lowest BCUT2D eigenvalue weighted by Crippen LogP contribution is -2.55. The summed E-state index contributed by atoms with van der Waals surface area (Å²) in [5, 5.41) is 53.3. The van der Waals surface area contributed by atoms with Gasteiger partial charge in [-0.1, -0.05) is 27.7 Å². The van der Waals surface area contributed by atoms with Gasteiger partial charge in [0.2, 0.25) is 0 Å². The maximum absolute atomic E-state index is 13.0. The molecule has 0 bridgehead atoms. The van der Waals surface area contributed by atoms with Gasteiger partial charge in [0.05, 0.1) is 42.5 Å². The molecular formula is C28H48O7. The fourth-order valence-electron chi connectivity index (χ4n) is 8.96. The second kappa shape index (κ2) is 9.23. The highest BCUT2D eigenvalue weighted by atomic mass is 16.5. The molecule has 3 aliphatic carbocycles. The van der Waals surface area contributed by atoms with E-state index >= 15 is 0 Å². The number of fused-ring (bicyclic) bond motifs is 5. The number of carbonyl (C=O) groups excluding carboxylic acids is 1. The minimum absolute atomic E-state index is 0.0470. The molecule has 0 unspecified atom stereocenters. The maximum Gasteiger partial charge on any atom is 0.309 e. The highest BCUT2D eigenvalue weighted by molar-refractivity contribution is 5.74. The molecular weight excluding hydrogens is 448 g/mol. The van der Waals surface area contributed by atoms with Crippen molar-refractivity contribution in [3.05, 3.63) is 0 Å². The molecule has 0 aromatic heterocycles. The van der Waals surface area contributed by atoms with E-state index in [1.807, 2.05) is 6.92 Å². The molecule has 4 rings (SSSR count). The van der Waals surface area contributed by atoms with Crippen LogP contribution in [-0.2, 0) is 9.53 Å². The van der Waals surface area contributed by atoms with E-state index in [1.54, 1.807) is 20.8 Å². The number of cyclic esters (lactones) is 1. The molecule has 7 nitrogen and oxygen atoms in total. The number of aliphatic hydroxyl groups is 5. The minimum atomic E-state index is -1.09. The van der Waals surface area contributed by atoms with Crippen molar-refractivity contribution in [3.63, 3.8) is 0 Å². The summed E-state index contributed by atoms with van der Waals surface area (Å²) in [5.41, 5.74) is -1.54. The second-order valence-electron chi connectivity index (χ2n) is 13.7. The molecule has 4 fully saturated rings. The molecule has 3 saturated carbocycles. The molecule has 5 N–H and O–H groups in total. The van der Waals surface area contributed by atoms with Crippen molar-refractivity contribution in [2.45, 2.75) is 110 Å². The van der Waals surface area contributed by atoms with Crippen LogP contribution in [0.2, 0.25) is 0 Å². The summed E-state index contributed by atoms with van der Waals surface area (Å²) >= 11 is 0. The van der Waals surface area contributed by atoms with Gasteiger partial charge in [-0.15, -0.1) is 0 Å². The van der Waals surface area contributed by atoms with Crippen molar-refractivity contribution >= 4 is 5.97 Å². The first kappa shape index (κ1) is 27.3. The molecule has 35 heavy (non-hydrogen) atoms. The summed E-state index contributed by atoms with van der Waals surface area (Å²) in [7, 11) is 0. The SMILES string of the molecule is C[C@H]([C@@H](O)[C@H](O)[C@@H](C)C(C)(C)O)[C@H]1CC[C@H]2[C@@H]3COC(=O)[C@@H]4C[C@H](O)[C@H](O)C[C@]4(C)[C@H]3CC[C@]12C. The fraction of sp³-hybridized carbons (Fsp3) is 0.964. The number of carbonyl (C=O) groups is 1. The average Bonchev–Trinajstić information content (AvgIpc) is 3.09. The predicted molar refractivity (Wildman–Crippen MR) is 131 cm³/mol. The fourth-order valence-corrected chi connectivity index (χ4v) is 8.96. The summed E-state index contributed by atoms with van der Waals surface area (Å²) in [4.78, 5) is 13.0. The lowest BCUT2D eigenvalue weighted by Gasteiger charge is -2.56. The van der Waals surface area contributed by atoms with Crippen LogP contribution in [0, 0.1) is 52.3 Å². The van der Waals surface area contributed by atoms with Gasteiger partial charge in [-0.2, -0.15) is 0 Å². The molecule has 0 amide bonds. The Morgan fingerprint density at radius 3 is 2.23 bits per heavy atom. The molecule has 13 atom stereocenters. The lowest BCUT2D eigenvalue weighted by molar-refractivity contribution is -0.162. The lowest BCUT2D eigenvalue weighted by atomic mass is 9.48. The van der Waals surface area contributed by atoms with Gasteiger partial charge in [-0.3, -0.25) is 4.79 Å². The van der Waals surface area contributed by atoms with E-state index in [2.05, 4.69) is 13.8 Å². The number of hydrogen-bond acceptors (Lipinski definition) is 7. The monoisotopic (exact) mass is 496 g/mol. The maximum atomic E-state index is 13.0. The van der Waals surface area contributed by atoms with Crippen LogP contribution in [0.3, 0.4) is 0 Å². The van der Waals surface area contributed by atoms with Crippen LogP contribution in [0.25, 0.3) is 0 Å². The van der Waals surface area contributed by atoms with Crippen molar-refractivity contribution < 1.29 is 35.1 Å². The largest absolute Gasteiger partial charge is 0.465 e. The van der Waals surface area contributed by atoms with E-state index in [9.17, 15) is 30.3 Å². The van der Waals surface area contributed by atoms with E-state index in [0.717, 1.165) is 25.7 Å². The van der Waals surface area contributed by atoms with Gasteiger partial charge >= 0.3 is 5.97 Å². The third kappa shape index (κ3) is 4.37. The van der Waals surface area contributed by atoms with Gasteiger partial charge in [0.15, 0.2) is 0 Å². The van der Waals surface area contributed by atoms with E-state index < -0.39 is 47.3 Å². The quantitative estimate of drug-likeness (QED) is 0.370. The Kier molecular flexibility index (Phi) is 7.20. The first-order valence-electron chi connectivity index (χ1n) is 13.7. The number of aliphatic hydroxyl groups excluding tert-OH is 4. The first-order chi connectivity index (χ1) is 16.1. The third-order valence-electron chi connectivity index (χ3n) is 11.6. The molecule has 0 aromatic rings. The molecule has 4 aliphatic rings. The van der Waals surface area contributed by atoms with Crippen LogP contribution in [-0.4, -0.2) is 68.1 Å². The van der Waals surface area contributed by atoms with Crippen LogP contribution in [0.15, 0.2) is 0 Å². The zero-order valence-corrected chi connectivity index (χ0v) is 22.4. The number of ether oxygens (including phenoxy) is 1. The molecule has 7 heteroatoms. The Labute approximate surface area is 210 Å². The smallest absolute Gasteiger partial charge is 0.309 e. The Balaban J connectivity index is 1.57. The molecule has 0 spiro atoms. The summed E-state index contributed by atoms with van der Waals surface area (Å²) in [6.45, 7) is 11.9. The summed E-state index contributed by atoms with van der Waals surface area (Å²) in [6, 6.07) is 0. The van der Waals surface area contributed by atoms with Gasteiger partial charge in [-0.25, -0.2) is 0 Å². The van der Waals surface area contributed by atoms with E-state index in [-0.39, 0.29) is 41.5 Å². The molecule has 0 aromatic carbocycles. The summed E-state index contributed by atoms with van der Waals surface area (Å²) < 4.78 is 5.85. The number of esters is 1. The summed E-state index contributed by atoms with van der Waals surface area (Å²) in [5.74, 6) is -0.265. The predicted octanol–water partition coefficient (Wildman–Crippen LogP) is 2.50. The first-order valence-corrected chi connectivity index (χ1v) is 13.7. The van der Waals surface area contributed by atoms with Gasteiger partial charge in [-0.05, 0) is 92.8 Å². The topological polar surface area (TPSA) is 127 Å². The molecule has 1 heterocycles. The van der Waals surface area contributed by atoms with E-state index in [0.29, 0.717) is 18.9 Å². The minimum Gasteiger partial charge on any atom is -0.465 e. The number of rotatable bonds is 5. The van der Waals surface area contributed by atoms with E-state index in [1.165, 1.54) is 0 Å². The zero-order chi connectivity index (χ0) is 26.1. The third-order valence-corrected chi connectivity index (χ3v) is 11.6. The highest BCUT2D eigenvalue weighted by Crippen LogP contribution is 2.66. The molecule has 0 radical (unpaired) electrons. The Morgan fingerprint density at radius 2 is 1.60 bits per heavy atom. The highest BCUT2D eigenvalue weighted by Gasteiger charge is 2.63. The van der Waals surface area contributed by atoms with E-state index in [4.69, 9.17) is 4.74 Å². The van der Waals surface area contributed by atoms with Crippen LogP contribution in [0.5, 0.6) is 0 Å². The average molecular weight is 497 g/mol. The Morgan fingerprint density at radius 1 is 0.971 bits per heavy atom. The Bertz CT molecular complexity index is 795. The van der Waals surface area contributed by atoms with Crippen LogP contribution >= 0.6 is 0 Å². The van der Waals surface area contributed by atoms with Gasteiger partial charge in [0.1, 0.15) is 0 Å². The standard InChI is InChI=1S/C28H48O7/c1-14(23(31)24(32)15(2)26(3,4)34)17-7-8-18-16-13-35-25(33)20-11-21(29)22(30)12-28(20,6)19(16)9-10-27(17,18)5/h14-24,29-32,34H,7-13H2,1-6H3/t14-,15+,16-,17+,18-,19-,20-,21-,22+,23+,24+,27+,28+/m0/s1. The van der Waals surface area contributed by atoms with Gasteiger partial charge < -0.3 is 30.3 Å². The normalized spacial score (nSPS) is 47.4. The zero-order valence-electron chi connectivity index (χ0n) is 22.4. The van der Waals surface area contributed by atoms with Crippen molar-refractivity contribution in [3.8, 4) is 0 Å². The van der Waals surface area contributed by atoms with Crippen LogP contribution in [0.1, 0.15) is 80.1 Å².